The number of carbonyl (C=O) groups is 2. The molecule has 112 valence electrons. The molecular weight excluding hydrogens is 302 g/mol. The third kappa shape index (κ3) is 2.99. The molecule has 0 spiro atoms. The lowest BCUT2D eigenvalue weighted by Crippen LogP contribution is -2.22. The number of halogens is 1. The molecule has 1 heterocycles. The van der Waals surface area contributed by atoms with E-state index in [1.807, 2.05) is 18.2 Å². The number of hydrogen-bond donors (Lipinski definition) is 1. The van der Waals surface area contributed by atoms with E-state index in [-0.39, 0.29) is 23.6 Å². The second-order valence-electron chi connectivity index (χ2n) is 5.32. The standard InChI is InChI=1S/C16H14ClN3O2/c1-9(21)19-16-18-8-13-14(20-16)6-11(7-15(13)22)10-3-2-4-12(17)5-10/h2-5,8,11H,6-7H2,1H3,(H,18,19,20,21). The Morgan fingerprint density at radius 2 is 2.18 bits per heavy atom. The van der Waals surface area contributed by atoms with Crippen molar-refractivity contribution in [2.24, 2.45) is 0 Å². The van der Waals surface area contributed by atoms with Crippen LogP contribution in [-0.2, 0) is 11.2 Å². The van der Waals surface area contributed by atoms with Gasteiger partial charge in [0.15, 0.2) is 5.78 Å². The van der Waals surface area contributed by atoms with Crippen molar-refractivity contribution in [3.63, 3.8) is 0 Å². The van der Waals surface area contributed by atoms with Gasteiger partial charge >= 0.3 is 0 Å². The minimum atomic E-state index is -0.242. The quantitative estimate of drug-likeness (QED) is 0.924. The number of aromatic nitrogens is 2. The first-order valence-electron chi connectivity index (χ1n) is 6.95. The average molecular weight is 316 g/mol. The molecule has 0 aliphatic heterocycles. The number of ketones is 1. The number of anilines is 1. The maximum absolute atomic E-state index is 12.3. The van der Waals surface area contributed by atoms with Crippen molar-refractivity contribution in [1.29, 1.82) is 0 Å². The van der Waals surface area contributed by atoms with E-state index < -0.39 is 0 Å². The van der Waals surface area contributed by atoms with Crippen LogP contribution in [0.5, 0.6) is 0 Å². The topological polar surface area (TPSA) is 72.0 Å². The third-order valence-corrected chi connectivity index (χ3v) is 3.88. The Hall–Kier alpha value is -2.27. The molecule has 3 rings (SSSR count). The lowest BCUT2D eigenvalue weighted by atomic mass is 9.82. The van der Waals surface area contributed by atoms with Gasteiger partial charge in [-0.25, -0.2) is 9.97 Å². The molecular formula is C16H14ClN3O2. The smallest absolute Gasteiger partial charge is 0.229 e. The van der Waals surface area contributed by atoms with Crippen LogP contribution in [-0.4, -0.2) is 21.7 Å². The number of nitrogens with zero attached hydrogens (tertiary/aromatic N) is 2. The van der Waals surface area contributed by atoms with Crippen molar-refractivity contribution in [2.45, 2.75) is 25.7 Å². The van der Waals surface area contributed by atoms with E-state index in [1.54, 1.807) is 6.07 Å². The van der Waals surface area contributed by atoms with Gasteiger partial charge in [0, 0.05) is 24.6 Å². The molecule has 1 N–H and O–H groups in total. The van der Waals surface area contributed by atoms with Crippen molar-refractivity contribution < 1.29 is 9.59 Å². The van der Waals surface area contributed by atoms with Gasteiger partial charge in [0.25, 0.3) is 0 Å². The van der Waals surface area contributed by atoms with E-state index in [0.717, 1.165) is 5.56 Å². The Balaban J connectivity index is 1.93. The molecule has 1 aromatic carbocycles. The predicted molar refractivity (Wildman–Crippen MR) is 83.2 cm³/mol. The molecule has 2 aromatic rings. The minimum Gasteiger partial charge on any atom is -0.295 e. The molecule has 1 aromatic heterocycles. The molecule has 22 heavy (non-hydrogen) atoms. The van der Waals surface area contributed by atoms with Gasteiger partial charge in [-0.3, -0.25) is 14.9 Å². The summed E-state index contributed by atoms with van der Waals surface area (Å²) in [6.07, 6.45) is 2.52. The molecule has 1 amide bonds. The lowest BCUT2D eigenvalue weighted by molar-refractivity contribution is -0.114. The van der Waals surface area contributed by atoms with Crippen LogP contribution in [0.2, 0.25) is 5.02 Å². The number of hydrogen-bond acceptors (Lipinski definition) is 4. The number of carbonyl (C=O) groups excluding carboxylic acids is 2. The first-order valence-corrected chi connectivity index (χ1v) is 7.33. The highest BCUT2D eigenvalue weighted by atomic mass is 35.5. The second kappa shape index (κ2) is 5.85. The summed E-state index contributed by atoms with van der Waals surface area (Å²) >= 11 is 6.03. The maximum Gasteiger partial charge on any atom is 0.229 e. The van der Waals surface area contributed by atoms with E-state index in [9.17, 15) is 9.59 Å². The van der Waals surface area contributed by atoms with Crippen LogP contribution in [0.4, 0.5) is 5.95 Å². The Kier molecular flexibility index (Phi) is 3.90. The molecule has 0 bridgehead atoms. The summed E-state index contributed by atoms with van der Waals surface area (Å²) in [5.41, 5.74) is 2.22. The zero-order chi connectivity index (χ0) is 15.7. The molecule has 1 aliphatic rings. The molecule has 1 aliphatic carbocycles. The summed E-state index contributed by atoms with van der Waals surface area (Å²) in [7, 11) is 0. The fraction of sp³-hybridized carbons (Fsp3) is 0.250. The number of nitrogens with one attached hydrogen (secondary N) is 1. The number of Topliss-reactive ketones (excluding diaryl/α,β-unsaturated/α-hetero) is 1. The molecule has 6 heteroatoms. The van der Waals surface area contributed by atoms with Gasteiger partial charge in [0.1, 0.15) is 0 Å². The Morgan fingerprint density at radius 3 is 2.91 bits per heavy atom. The van der Waals surface area contributed by atoms with Crippen molar-refractivity contribution >= 4 is 29.2 Å². The number of amides is 1. The summed E-state index contributed by atoms with van der Waals surface area (Å²) in [6, 6.07) is 7.52. The largest absolute Gasteiger partial charge is 0.295 e. The molecule has 0 saturated heterocycles. The molecule has 5 nitrogen and oxygen atoms in total. The monoisotopic (exact) mass is 315 g/mol. The van der Waals surface area contributed by atoms with Crippen molar-refractivity contribution in [2.75, 3.05) is 5.32 Å². The van der Waals surface area contributed by atoms with Crippen molar-refractivity contribution in [3.05, 3.63) is 52.3 Å². The van der Waals surface area contributed by atoms with E-state index >= 15 is 0 Å². The maximum atomic E-state index is 12.3. The highest BCUT2D eigenvalue weighted by molar-refractivity contribution is 6.30. The summed E-state index contributed by atoms with van der Waals surface area (Å²) in [4.78, 5) is 31.7. The van der Waals surface area contributed by atoms with Crippen LogP contribution >= 0.6 is 11.6 Å². The average Bonchev–Trinajstić information content (AvgIpc) is 2.46. The minimum absolute atomic E-state index is 0.0144. The van der Waals surface area contributed by atoms with Crippen LogP contribution in [0.15, 0.2) is 30.5 Å². The predicted octanol–water partition coefficient (Wildman–Crippen LogP) is 3.00. The molecule has 0 fully saturated rings. The SMILES string of the molecule is CC(=O)Nc1ncc2c(n1)CC(c1cccc(Cl)c1)CC2=O. The van der Waals surface area contributed by atoms with Crippen molar-refractivity contribution in [1.82, 2.24) is 9.97 Å². The highest BCUT2D eigenvalue weighted by Crippen LogP contribution is 2.32. The van der Waals surface area contributed by atoms with E-state index in [0.29, 0.717) is 29.1 Å². The van der Waals surface area contributed by atoms with Gasteiger partial charge in [-0.05, 0) is 30.0 Å². The Bertz CT molecular complexity index is 761. The van der Waals surface area contributed by atoms with Gasteiger partial charge in [0.05, 0.1) is 11.3 Å². The molecule has 0 radical (unpaired) electrons. The van der Waals surface area contributed by atoms with Crippen LogP contribution in [0.1, 0.15) is 40.9 Å². The highest BCUT2D eigenvalue weighted by Gasteiger charge is 2.28. The number of fused-ring (bicyclic) bond motifs is 1. The fourth-order valence-electron chi connectivity index (χ4n) is 2.66. The van der Waals surface area contributed by atoms with E-state index in [4.69, 9.17) is 11.6 Å². The van der Waals surface area contributed by atoms with Crippen LogP contribution in [0.3, 0.4) is 0 Å². The first kappa shape index (κ1) is 14.7. The third-order valence-electron chi connectivity index (χ3n) is 3.65. The van der Waals surface area contributed by atoms with Gasteiger partial charge in [-0.2, -0.15) is 0 Å². The molecule has 1 unspecified atom stereocenters. The van der Waals surface area contributed by atoms with E-state index in [1.165, 1.54) is 13.1 Å². The summed E-state index contributed by atoms with van der Waals surface area (Å²) in [5.74, 6) is 0.0404. The summed E-state index contributed by atoms with van der Waals surface area (Å²) in [6.45, 7) is 1.39. The normalized spacial score (nSPS) is 17.0. The first-order chi connectivity index (χ1) is 10.5. The second-order valence-corrected chi connectivity index (χ2v) is 5.75. The van der Waals surface area contributed by atoms with Gasteiger partial charge in [-0.15, -0.1) is 0 Å². The van der Waals surface area contributed by atoms with Crippen LogP contribution < -0.4 is 5.32 Å². The van der Waals surface area contributed by atoms with Gasteiger partial charge in [-0.1, -0.05) is 23.7 Å². The molecule has 0 saturated carbocycles. The molecule has 1 atom stereocenters. The fourth-order valence-corrected chi connectivity index (χ4v) is 2.86. The van der Waals surface area contributed by atoms with Crippen LogP contribution in [0.25, 0.3) is 0 Å². The summed E-state index contributed by atoms with van der Waals surface area (Å²) < 4.78 is 0. The van der Waals surface area contributed by atoms with Gasteiger partial charge < -0.3 is 0 Å². The van der Waals surface area contributed by atoms with Crippen molar-refractivity contribution in [3.8, 4) is 0 Å². The Labute approximate surface area is 132 Å². The summed E-state index contributed by atoms with van der Waals surface area (Å²) in [5, 5.41) is 3.19. The number of benzene rings is 1. The lowest BCUT2D eigenvalue weighted by Gasteiger charge is -2.23. The number of rotatable bonds is 2. The zero-order valence-electron chi connectivity index (χ0n) is 12.0. The zero-order valence-corrected chi connectivity index (χ0v) is 12.7. The van der Waals surface area contributed by atoms with Gasteiger partial charge in [0.2, 0.25) is 11.9 Å². The Morgan fingerprint density at radius 1 is 1.36 bits per heavy atom. The van der Waals surface area contributed by atoms with Crippen LogP contribution in [0, 0.1) is 0 Å². The van der Waals surface area contributed by atoms with E-state index in [2.05, 4.69) is 15.3 Å².